The molecule has 0 bridgehead atoms. The minimum atomic E-state index is -4.80. The number of ether oxygens (including phenoxy) is 1. The van der Waals surface area contributed by atoms with Crippen LogP contribution in [0.25, 0.3) is 0 Å². The van der Waals surface area contributed by atoms with Gasteiger partial charge in [-0.25, -0.2) is 12.7 Å². The van der Waals surface area contributed by atoms with E-state index in [0.29, 0.717) is 47.7 Å². The van der Waals surface area contributed by atoms with Crippen LogP contribution in [0.3, 0.4) is 0 Å². The van der Waals surface area contributed by atoms with Crippen LogP contribution in [-0.4, -0.2) is 115 Å². The van der Waals surface area contributed by atoms with E-state index < -0.39 is 62.5 Å². The van der Waals surface area contributed by atoms with E-state index in [4.69, 9.17) is 17.0 Å². The van der Waals surface area contributed by atoms with Crippen LogP contribution < -0.4 is 25.2 Å². The minimum absolute atomic E-state index is 0.00196. The van der Waals surface area contributed by atoms with E-state index in [1.54, 1.807) is 55.1 Å². The van der Waals surface area contributed by atoms with Crippen LogP contribution in [0.15, 0.2) is 65.6 Å². The van der Waals surface area contributed by atoms with E-state index >= 15 is 0 Å². The summed E-state index contributed by atoms with van der Waals surface area (Å²) in [6.45, 7) is 8.73. The third kappa shape index (κ3) is 7.94. The van der Waals surface area contributed by atoms with Gasteiger partial charge >= 0.3 is 6.18 Å². The predicted molar refractivity (Wildman–Crippen MR) is 212 cm³/mol. The van der Waals surface area contributed by atoms with Gasteiger partial charge in [0.05, 0.1) is 28.4 Å². The molecule has 1 atom stereocenters. The Bertz CT molecular complexity index is 2380. The van der Waals surface area contributed by atoms with Gasteiger partial charge in [-0.05, 0) is 93.1 Å². The van der Waals surface area contributed by atoms with Crippen LogP contribution in [0.5, 0.6) is 5.75 Å². The van der Waals surface area contributed by atoms with Gasteiger partial charge < -0.3 is 15.0 Å². The molecule has 1 unspecified atom stereocenters. The molecule has 4 amide bonds. The summed E-state index contributed by atoms with van der Waals surface area (Å²) in [5.41, 5.74) is -1.97. The first-order valence-corrected chi connectivity index (χ1v) is 20.5. The first-order valence-electron chi connectivity index (χ1n) is 18.7. The number of hydrogen-bond donors (Lipinski definition) is 2. The molecule has 3 aromatic carbocycles. The van der Waals surface area contributed by atoms with Crippen molar-refractivity contribution in [3.05, 3.63) is 77.4 Å². The van der Waals surface area contributed by atoms with Crippen LogP contribution in [-0.2, 0) is 30.6 Å². The SMILES string of the molecule is CC1(C)C(=O)N(c2ccc(C#N)c(C(F)(F)F)c2)C(=S)N1c1ccc(OCCN2CCN(CCNc3ccc4c(c3)S(=O)(=O)N(C3CCC(=O)NC3=O)C4=O)CC2)cc1. The molecule has 7 rings (SSSR count). The van der Waals surface area contributed by atoms with Crippen LogP contribution in [0.2, 0.25) is 0 Å². The van der Waals surface area contributed by atoms with E-state index in [2.05, 4.69) is 20.4 Å². The number of benzene rings is 3. The smallest absolute Gasteiger partial charge is 0.417 e. The molecule has 4 aliphatic rings. The highest BCUT2D eigenvalue weighted by Gasteiger charge is 2.51. The number of carbonyl (C=O) groups is 4. The average Bonchev–Trinajstić information content (AvgIpc) is 3.50. The Hall–Kier alpha value is -5.62. The maximum atomic E-state index is 13.7. The summed E-state index contributed by atoms with van der Waals surface area (Å²) in [6.07, 6.45) is -4.94. The highest BCUT2D eigenvalue weighted by molar-refractivity contribution is 7.90. The van der Waals surface area contributed by atoms with Crippen molar-refractivity contribution in [1.29, 1.82) is 5.26 Å². The number of hydrogen-bond acceptors (Lipinski definition) is 12. The molecule has 4 aliphatic heterocycles. The number of imide groups is 1. The molecule has 0 aliphatic carbocycles. The Labute approximate surface area is 343 Å². The summed E-state index contributed by atoms with van der Waals surface area (Å²) in [7, 11) is -4.28. The number of alkyl halides is 3. The second-order valence-electron chi connectivity index (χ2n) is 14.9. The Balaban J connectivity index is 0.865. The lowest BCUT2D eigenvalue weighted by atomic mass is 10.0. The fraction of sp³-hybridized carbons (Fsp3) is 0.385. The number of nitriles is 1. The first kappa shape index (κ1) is 41.5. The van der Waals surface area contributed by atoms with E-state index in [-0.39, 0.29) is 34.1 Å². The Morgan fingerprint density at radius 1 is 0.949 bits per heavy atom. The lowest BCUT2D eigenvalue weighted by molar-refractivity contribution is -0.138. The number of anilines is 3. The standard InChI is InChI=1S/C39H39F3N8O7S2/c1-38(2)36(54)48(27-5-3-24(23-43)30(22-27)39(40,41)42)37(58)49(38)26-6-8-28(9-7-26)57-20-19-47-17-15-46(16-18-47)14-13-44-25-4-10-29-32(21-25)59(55,56)50(35(29)53)31-11-12-33(51)45-34(31)52/h3-10,21-22,31,44H,11-20H2,1-2H3,(H,45,51,52). The minimum Gasteiger partial charge on any atom is -0.492 e. The Kier molecular flexibility index (Phi) is 11.2. The van der Waals surface area contributed by atoms with Gasteiger partial charge in [0.1, 0.15) is 28.8 Å². The van der Waals surface area contributed by atoms with Gasteiger partial charge in [0.15, 0.2) is 5.11 Å². The van der Waals surface area contributed by atoms with E-state index in [0.717, 1.165) is 43.2 Å². The number of amides is 4. The first-order chi connectivity index (χ1) is 27.9. The molecule has 0 spiro atoms. The number of thiocarbonyl (C=S) groups is 1. The van der Waals surface area contributed by atoms with Crippen LogP contribution >= 0.6 is 12.2 Å². The molecule has 0 radical (unpaired) electrons. The molecule has 3 saturated heterocycles. The lowest BCUT2D eigenvalue weighted by Crippen LogP contribution is -2.54. The second kappa shape index (κ2) is 15.9. The van der Waals surface area contributed by atoms with Crippen molar-refractivity contribution in [2.24, 2.45) is 0 Å². The summed E-state index contributed by atoms with van der Waals surface area (Å²) in [5, 5.41) is 14.5. The predicted octanol–water partition coefficient (Wildman–Crippen LogP) is 3.55. The maximum absolute atomic E-state index is 13.7. The van der Waals surface area contributed by atoms with Gasteiger partial charge in [-0.2, -0.15) is 18.4 Å². The zero-order chi connectivity index (χ0) is 42.4. The molecular formula is C39H39F3N8O7S2. The van der Waals surface area contributed by atoms with Crippen molar-refractivity contribution < 1.29 is 45.5 Å². The van der Waals surface area contributed by atoms with Crippen LogP contribution in [0.1, 0.15) is 48.2 Å². The van der Waals surface area contributed by atoms with Gasteiger partial charge in [0, 0.05) is 63.6 Å². The fourth-order valence-electron chi connectivity index (χ4n) is 7.61. The zero-order valence-corrected chi connectivity index (χ0v) is 33.5. The molecular weight excluding hydrogens is 814 g/mol. The number of nitrogens with one attached hydrogen (secondary N) is 2. The summed E-state index contributed by atoms with van der Waals surface area (Å²) < 4.78 is 74.3. The van der Waals surface area contributed by atoms with Crippen molar-refractivity contribution in [1.82, 2.24) is 19.4 Å². The van der Waals surface area contributed by atoms with Gasteiger partial charge in [0.2, 0.25) is 5.91 Å². The van der Waals surface area contributed by atoms with Crippen molar-refractivity contribution in [2.45, 2.75) is 49.3 Å². The molecule has 2 N–H and O–H groups in total. The monoisotopic (exact) mass is 852 g/mol. The number of piperidine rings is 1. The largest absolute Gasteiger partial charge is 0.492 e. The molecule has 3 aromatic rings. The average molecular weight is 853 g/mol. The van der Waals surface area contributed by atoms with Gasteiger partial charge in [-0.1, -0.05) is 0 Å². The fourth-order valence-corrected chi connectivity index (χ4v) is 9.91. The van der Waals surface area contributed by atoms with E-state index in [1.165, 1.54) is 18.2 Å². The van der Waals surface area contributed by atoms with Gasteiger partial charge in [-0.3, -0.25) is 39.2 Å². The molecule has 0 aromatic heterocycles. The van der Waals surface area contributed by atoms with Crippen molar-refractivity contribution in [3.63, 3.8) is 0 Å². The Morgan fingerprint density at radius 2 is 1.61 bits per heavy atom. The second-order valence-corrected chi connectivity index (χ2v) is 17.0. The van der Waals surface area contributed by atoms with Crippen molar-refractivity contribution in [3.8, 4) is 11.8 Å². The Morgan fingerprint density at radius 3 is 2.25 bits per heavy atom. The van der Waals surface area contributed by atoms with Crippen molar-refractivity contribution >= 4 is 68.0 Å². The summed E-state index contributed by atoms with van der Waals surface area (Å²) in [5.74, 6) is -2.05. The third-order valence-electron chi connectivity index (χ3n) is 10.8. The molecule has 4 heterocycles. The number of halogens is 3. The summed E-state index contributed by atoms with van der Waals surface area (Å²) in [4.78, 5) is 57.5. The zero-order valence-electron chi connectivity index (χ0n) is 31.9. The number of carbonyl (C=O) groups excluding carboxylic acids is 4. The van der Waals surface area contributed by atoms with Gasteiger partial charge in [0.25, 0.3) is 27.7 Å². The molecule has 59 heavy (non-hydrogen) atoms. The summed E-state index contributed by atoms with van der Waals surface area (Å²) in [6, 6.07) is 14.7. The number of sulfonamides is 1. The van der Waals surface area contributed by atoms with Crippen LogP contribution in [0.4, 0.5) is 30.2 Å². The maximum Gasteiger partial charge on any atom is 0.417 e. The summed E-state index contributed by atoms with van der Waals surface area (Å²) >= 11 is 5.63. The van der Waals surface area contributed by atoms with E-state index in [9.17, 15) is 46.0 Å². The number of fused-ring (bicyclic) bond motifs is 1. The molecule has 20 heteroatoms. The number of rotatable bonds is 11. The quantitative estimate of drug-likeness (QED) is 0.212. The highest BCUT2D eigenvalue weighted by Crippen LogP contribution is 2.40. The normalized spacial score (nSPS) is 20.8. The highest BCUT2D eigenvalue weighted by atomic mass is 32.2. The molecule has 3 fully saturated rings. The van der Waals surface area contributed by atoms with Crippen molar-refractivity contribution in [2.75, 3.05) is 67.5 Å². The molecule has 310 valence electrons. The lowest BCUT2D eigenvalue weighted by Gasteiger charge is -2.34. The number of nitrogens with zero attached hydrogens (tertiary/aromatic N) is 6. The topological polar surface area (TPSA) is 176 Å². The van der Waals surface area contributed by atoms with Gasteiger partial charge in [-0.15, -0.1) is 0 Å². The number of piperazine rings is 1. The van der Waals surface area contributed by atoms with Crippen LogP contribution in [0, 0.1) is 11.3 Å². The third-order valence-corrected chi connectivity index (χ3v) is 13.0. The molecule has 15 nitrogen and oxygen atoms in total. The van der Waals surface area contributed by atoms with E-state index in [1.807, 2.05) is 0 Å². The molecule has 0 saturated carbocycles.